The second-order valence-electron chi connectivity index (χ2n) is 6.43. The standard InChI is InChI=1S/C17H19N5O2/c18-7-13-3-10-8-19-16(20-12-4-14(23)5-12)6-15(10)17(22-13)21-11-1-2-24-9-11/h3,6,8,11-12,14,23H,1-2,4-5,9H2,(H,19,20)(H,21,22)/t11-,12?,14?/m1/s1. The summed E-state index contributed by atoms with van der Waals surface area (Å²) in [5, 5.41) is 27.1. The van der Waals surface area contributed by atoms with Crippen LogP contribution in [-0.4, -0.2) is 46.5 Å². The zero-order valence-corrected chi connectivity index (χ0v) is 13.2. The van der Waals surface area contributed by atoms with Crippen LogP contribution >= 0.6 is 0 Å². The number of aromatic nitrogens is 2. The van der Waals surface area contributed by atoms with Crippen LogP contribution in [0.25, 0.3) is 10.8 Å². The van der Waals surface area contributed by atoms with Gasteiger partial charge < -0.3 is 20.5 Å². The maximum Gasteiger partial charge on any atom is 0.143 e. The van der Waals surface area contributed by atoms with Gasteiger partial charge in [-0.05, 0) is 31.4 Å². The molecule has 7 nitrogen and oxygen atoms in total. The summed E-state index contributed by atoms with van der Waals surface area (Å²) in [6.07, 6.45) is 3.97. The third kappa shape index (κ3) is 2.98. The van der Waals surface area contributed by atoms with E-state index in [4.69, 9.17) is 4.74 Å². The summed E-state index contributed by atoms with van der Waals surface area (Å²) in [7, 11) is 0. The van der Waals surface area contributed by atoms with Crippen LogP contribution in [0.3, 0.4) is 0 Å². The number of nitriles is 1. The molecule has 3 heterocycles. The van der Waals surface area contributed by atoms with Crippen molar-refractivity contribution in [3.63, 3.8) is 0 Å². The smallest absolute Gasteiger partial charge is 0.143 e. The predicted molar refractivity (Wildman–Crippen MR) is 89.8 cm³/mol. The summed E-state index contributed by atoms with van der Waals surface area (Å²) < 4.78 is 5.40. The SMILES string of the molecule is N#Cc1cc2cnc(NC3CC(O)C3)cc2c(N[C@@H]2CCOC2)n1. The Morgan fingerprint density at radius 1 is 1.25 bits per heavy atom. The van der Waals surface area contributed by atoms with Crippen LogP contribution < -0.4 is 10.6 Å². The van der Waals surface area contributed by atoms with Gasteiger partial charge >= 0.3 is 0 Å². The van der Waals surface area contributed by atoms with Crippen LogP contribution in [-0.2, 0) is 4.74 Å². The van der Waals surface area contributed by atoms with E-state index in [0.717, 1.165) is 42.5 Å². The molecule has 2 fully saturated rings. The van der Waals surface area contributed by atoms with Gasteiger partial charge in [0.25, 0.3) is 0 Å². The Hall–Kier alpha value is -2.43. The summed E-state index contributed by atoms with van der Waals surface area (Å²) in [5.74, 6) is 1.45. The molecule has 0 aromatic carbocycles. The Balaban J connectivity index is 1.66. The molecule has 0 unspecified atom stereocenters. The molecule has 2 aromatic heterocycles. The number of aliphatic hydroxyl groups excluding tert-OH is 1. The molecule has 24 heavy (non-hydrogen) atoms. The first-order chi connectivity index (χ1) is 11.7. The molecule has 1 aliphatic heterocycles. The van der Waals surface area contributed by atoms with Gasteiger partial charge in [0.1, 0.15) is 23.4 Å². The van der Waals surface area contributed by atoms with Crippen molar-refractivity contribution < 1.29 is 9.84 Å². The molecule has 4 rings (SSSR count). The van der Waals surface area contributed by atoms with Gasteiger partial charge in [-0.15, -0.1) is 0 Å². The van der Waals surface area contributed by atoms with E-state index >= 15 is 0 Å². The van der Waals surface area contributed by atoms with E-state index in [1.54, 1.807) is 12.3 Å². The topological polar surface area (TPSA) is 103 Å². The van der Waals surface area contributed by atoms with Gasteiger partial charge in [-0.3, -0.25) is 0 Å². The van der Waals surface area contributed by atoms with E-state index in [1.807, 2.05) is 6.07 Å². The minimum atomic E-state index is -0.206. The van der Waals surface area contributed by atoms with Gasteiger partial charge in [0.2, 0.25) is 0 Å². The van der Waals surface area contributed by atoms with E-state index < -0.39 is 0 Å². The number of nitrogens with one attached hydrogen (secondary N) is 2. The van der Waals surface area contributed by atoms with Crippen LogP contribution in [0.1, 0.15) is 25.0 Å². The summed E-state index contributed by atoms with van der Waals surface area (Å²) in [6, 6.07) is 6.27. The van der Waals surface area contributed by atoms with E-state index in [0.29, 0.717) is 18.1 Å². The summed E-state index contributed by atoms with van der Waals surface area (Å²) in [4.78, 5) is 8.85. The molecular weight excluding hydrogens is 306 g/mol. The van der Waals surface area contributed by atoms with Gasteiger partial charge in [0, 0.05) is 29.6 Å². The van der Waals surface area contributed by atoms with E-state index in [9.17, 15) is 10.4 Å². The van der Waals surface area contributed by atoms with Gasteiger partial charge in [-0.25, -0.2) is 9.97 Å². The van der Waals surface area contributed by atoms with Crippen molar-refractivity contribution in [3.8, 4) is 6.07 Å². The van der Waals surface area contributed by atoms with Gasteiger partial charge in [0.05, 0.1) is 18.8 Å². The van der Waals surface area contributed by atoms with Crippen molar-refractivity contribution in [3.05, 3.63) is 24.0 Å². The highest BCUT2D eigenvalue weighted by molar-refractivity contribution is 5.93. The van der Waals surface area contributed by atoms with Crippen LogP contribution in [0.2, 0.25) is 0 Å². The molecule has 0 amide bonds. The first-order valence-electron chi connectivity index (χ1n) is 8.21. The molecular formula is C17H19N5O2. The fourth-order valence-electron chi connectivity index (χ4n) is 3.15. The predicted octanol–water partition coefficient (Wildman–Crippen LogP) is 1.64. The zero-order valence-electron chi connectivity index (χ0n) is 13.2. The van der Waals surface area contributed by atoms with E-state index in [-0.39, 0.29) is 18.2 Å². The average Bonchev–Trinajstić information content (AvgIpc) is 3.06. The monoisotopic (exact) mass is 325 g/mol. The molecule has 1 aliphatic carbocycles. The van der Waals surface area contributed by atoms with E-state index in [1.165, 1.54) is 0 Å². The van der Waals surface area contributed by atoms with Crippen LogP contribution in [0.15, 0.2) is 18.3 Å². The number of fused-ring (bicyclic) bond motifs is 1. The fraction of sp³-hybridized carbons (Fsp3) is 0.471. The highest BCUT2D eigenvalue weighted by atomic mass is 16.5. The summed E-state index contributed by atoms with van der Waals surface area (Å²) >= 11 is 0. The molecule has 1 atom stereocenters. The van der Waals surface area contributed by atoms with Gasteiger partial charge in [-0.2, -0.15) is 5.26 Å². The van der Waals surface area contributed by atoms with Crippen molar-refractivity contribution in [2.24, 2.45) is 0 Å². The molecule has 3 N–H and O–H groups in total. The summed E-state index contributed by atoms with van der Waals surface area (Å²) in [6.45, 7) is 1.39. The van der Waals surface area contributed by atoms with Gasteiger partial charge in [-0.1, -0.05) is 0 Å². The molecule has 1 saturated carbocycles. The van der Waals surface area contributed by atoms with Crippen molar-refractivity contribution >= 4 is 22.4 Å². The maximum absolute atomic E-state index is 9.41. The Kier molecular flexibility index (Phi) is 3.92. The molecule has 2 aromatic rings. The Labute approximate surface area is 139 Å². The largest absolute Gasteiger partial charge is 0.393 e. The van der Waals surface area contributed by atoms with Crippen molar-refractivity contribution in [2.45, 2.75) is 37.5 Å². The van der Waals surface area contributed by atoms with Crippen LogP contribution in [0, 0.1) is 11.3 Å². The molecule has 7 heteroatoms. The van der Waals surface area contributed by atoms with Crippen molar-refractivity contribution in [1.82, 2.24) is 9.97 Å². The molecule has 124 valence electrons. The number of anilines is 2. The number of ether oxygens (including phenoxy) is 1. The second kappa shape index (κ2) is 6.23. The minimum Gasteiger partial charge on any atom is -0.393 e. The van der Waals surface area contributed by atoms with E-state index in [2.05, 4.69) is 26.7 Å². The third-order valence-corrected chi connectivity index (χ3v) is 4.56. The number of rotatable bonds is 4. The minimum absolute atomic E-state index is 0.206. The number of pyridine rings is 2. The first-order valence-corrected chi connectivity index (χ1v) is 8.21. The lowest BCUT2D eigenvalue weighted by Crippen LogP contribution is -2.39. The number of aliphatic hydroxyl groups is 1. The summed E-state index contributed by atoms with van der Waals surface area (Å²) in [5.41, 5.74) is 0.369. The lowest BCUT2D eigenvalue weighted by Gasteiger charge is -2.32. The Morgan fingerprint density at radius 2 is 2.12 bits per heavy atom. The quantitative estimate of drug-likeness (QED) is 0.785. The van der Waals surface area contributed by atoms with Crippen molar-refractivity contribution in [1.29, 1.82) is 5.26 Å². The number of nitrogens with zero attached hydrogens (tertiary/aromatic N) is 3. The highest BCUT2D eigenvalue weighted by Gasteiger charge is 2.27. The lowest BCUT2D eigenvalue weighted by atomic mass is 9.89. The number of hydrogen-bond acceptors (Lipinski definition) is 7. The fourth-order valence-corrected chi connectivity index (χ4v) is 3.15. The van der Waals surface area contributed by atoms with Gasteiger partial charge in [0.15, 0.2) is 0 Å². The lowest BCUT2D eigenvalue weighted by molar-refractivity contribution is 0.0835. The molecule has 0 spiro atoms. The van der Waals surface area contributed by atoms with Crippen molar-refractivity contribution in [2.75, 3.05) is 23.8 Å². The Morgan fingerprint density at radius 3 is 2.83 bits per heavy atom. The normalized spacial score (nSPS) is 25.9. The molecule has 0 bridgehead atoms. The first kappa shape index (κ1) is 15.1. The third-order valence-electron chi connectivity index (χ3n) is 4.56. The molecule has 0 radical (unpaired) electrons. The Bertz CT molecular complexity index is 791. The molecule has 1 saturated heterocycles. The number of hydrogen-bond donors (Lipinski definition) is 3. The van der Waals surface area contributed by atoms with Crippen LogP contribution in [0.5, 0.6) is 0 Å². The van der Waals surface area contributed by atoms with Crippen LogP contribution in [0.4, 0.5) is 11.6 Å². The zero-order chi connectivity index (χ0) is 16.5. The molecule has 2 aliphatic rings. The second-order valence-corrected chi connectivity index (χ2v) is 6.43. The average molecular weight is 325 g/mol. The maximum atomic E-state index is 9.41. The highest BCUT2D eigenvalue weighted by Crippen LogP contribution is 2.28.